The fourth-order valence-electron chi connectivity index (χ4n) is 2.07. The molecule has 4 heteroatoms. The first-order valence-corrected chi connectivity index (χ1v) is 6.09. The molecular formula is C12H20N4. The van der Waals surface area contributed by atoms with Crippen LogP contribution in [0.15, 0.2) is 12.1 Å². The van der Waals surface area contributed by atoms with Crippen LogP contribution in [0.3, 0.4) is 0 Å². The minimum Gasteiger partial charge on any atom is -0.369 e. The van der Waals surface area contributed by atoms with Gasteiger partial charge in [-0.05, 0) is 57.3 Å². The Kier molecular flexibility index (Phi) is 4.10. The Balaban J connectivity index is 1.69. The van der Waals surface area contributed by atoms with Gasteiger partial charge in [0, 0.05) is 6.54 Å². The summed E-state index contributed by atoms with van der Waals surface area (Å²) >= 11 is 0. The molecule has 0 saturated carbocycles. The molecule has 0 aromatic carbocycles. The fraction of sp³-hybridized carbons (Fsp3) is 0.667. The number of hydrogen-bond acceptors (Lipinski definition) is 4. The summed E-state index contributed by atoms with van der Waals surface area (Å²) in [6.45, 7) is 5.29. The highest BCUT2D eigenvalue weighted by molar-refractivity contribution is 5.32. The monoisotopic (exact) mass is 220 g/mol. The second kappa shape index (κ2) is 5.80. The van der Waals surface area contributed by atoms with E-state index in [0.717, 1.165) is 24.0 Å². The Bertz CT molecular complexity index is 303. The quantitative estimate of drug-likeness (QED) is 0.809. The number of hydrogen-bond donors (Lipinski definition) is 2. The van der Waals surface area contributed by atoms with Crippen molar-refractivity contribution in [2.45, 2.75) is 26.2 Å². The molecule has 0 bridgehead atoms. The Labute approximate surface area is 96.9 Å². The lowest BCUT2D eigenvalue weighted by Gasteiger charge is -2.22. The second-order valence-corrected chi connectivity index (χ2v) is 4.49. The molecule has 0 spiro atoms. The van der Waals surface area contributed by atoms with E-state index in [1.54, 1.807) is 0 Å². The maximum absolute atomic E-state index is 4.08. The van der Waals surface area contributed by atoms with Crippen LogP contribution in [0.4, 0.5) is 5.82 Å². The summed E-state index contributed by atoms with van der Waals surface area (Å²) in [5.41, 5.74) is 0.960. The van der Waals surface area contributed by atoms with E-state index >= 15 is 0 Å². The zero-order chi connectivity index (χ0) is 11.2. The summed E-state index contributed by atoms with van der Waals surface area (Å²) in [4.78, 5) is 0. The highest BCUT2D eigenvalue weighted by atomic mass is 15.2. The van der Waals surface area contributed by atoms with Crippen molar-refractivity contribution in [1.82, 2.24) is 15.5 Å². The smallest absolute Gasteiger partial charge is 0.148 e. The summed E-state index contributed by atoms with van der Waals surface area (Å²) in [7, 11) is 0. The summed E-state index contributed by atoms with van der Waals surface area (Å²) in [5.74, 6) is 1.70. The lowest BCUT2D eigenvalue weighted by molar-refractivity contribution is 0.364. The van der Waals surface area contributed by atoms with E-state index in [-0.39, 0.29) is 0 Å². The van der Waals surface area contributed by atoms with E-state index in [4.69, 9.17) is 0 Å². The third kappa shape index (κ3) is 3.45. The van der Waals surface area contributed by atoms with Crippen molar-refractivity contribution in [3.63, 3.8) is 0 Å². The van der Waals surface area contributed by atoms with Crippen LogP contribution in [0.1, 0.15) is 25.0 Å². The molecule has 1 aliphatic rings. The van der Waals surface area contributed by atoms with Crippen LogP contribution < -0.4 is 10.6 Å². The first-order valence-electron chi connectivity index (χ1n) is 6.09. The van der Waals surface area contributed by atoms with E-state index in [2.05, 4.69) is 20.8 Å². The number of rotatable bonds is 4. The van der Waals surface area contributed by atoms with Gasteiger partial charge < -0.3 is 10.6 Å². The molecule has 88 valence electrons. The molecule has 1 aliphatic heterocycles. The highest BCUT2D eigenvalue weighted by Crippen LogP contribution is 2.13. The molecule has 1 atom stereocenters. The lowest BCUT2D eigenvalue weighted by atomic mass is 9.96. The van der Waals surface area contributed by atoms with Crippen molar-refractivity contribution >= 4 is 5.82 Å². The molecular weight excluding hydrogens is 200 g/mol. The summed E-state index contributed by atoms with van der Waals surface area (Å²) in [6, 6.07) is 3.97. The van der Waals surface area contributed by atoms with Gasteiger partial charge in [0.25, 0.3) is 0 Å². The molecule has 1 aromatic heterocycles. The number of piperidine rings is 1. The topological polar surface area (TPSA) is 49.8 Å². The van der Waals surface area contributed by atoms with Gasteiger partial charge in [-0.1, -0.05) is 0 Å². The van der Waals surface area contributed by atoms with Crippen molar-refractivity contribution in [1.29, 1.82) is 0 Å². The average Bonchev–Trinajstić information content (AvgIpc) is 2.33. The van der Waals surface area contributed by atoms with Crippen molar-refractivity contribution in [2.75, 3.05) is 25.0 Å². The van der Waals surface area contributed by atoms with Crippen molar-refractivity contribution < 1.29 is 0 Å². The first-order chi connectivity index (χ1) is 7.84. The molecule has 2 rings (SSSR count). The summed E-state index contributed by atoms with van der Waals surface area (Å²) < 4.78 is 0. The lowest BCUT2D eigenvalue weighted by Crippen LogP contribution is -2.30. The van der Waals surface area contributed by atoms with E-state index in [1.165, 1.54) is 32.4 Å². The fourth-order valence-corrected chi connectivity index (χ4v) is 2.07. The van der Waals surface area contributed by atoms with E-state index in [9.17, 15) is 0 Å². The predicted molar refractivity (Wildman–Crippen MR) is 65.5 cm³/mol. The molecule has 16 heavy (non-hydrogen) atoms. The van der Waals surface area contributed by atoms with Gasteiger partial charge in [-0.3, -0.25) is 0 Å². The molecule has 0 aliphatic carbocycles. The summed E-state index contributed by atoms with van der Waals surface area (Å²) in [5, 5.41) is 14.9. The van der Waals surface area contributed by atoms with Crippen LogP contribution in [0.5, 0.6) is 0 Å². The Hall–Kier alpha value is -1.16. The SMILES string of the molecule is Cc1ccc(NCCC2CCCNC2)nn1. The number of aryl methyl sites for hydroxylation is 1. The zero-order valence-electron chi connectivity index (χ0n) is 9.87. The third-order valence-electron chi connectivity index (χ3n) is 3.06. The molecule has 4 nitrogen and oxygen atoms in total. The van der Waals surface area contributed by atoms with Crippen LogP contribution in [0.2, 0.25) is 0 Å². The molecule has 1 unspecified atom stereocenters. The van der Waals surface area contributed by atoms with Crippen LogP contribution in [-0.4, -0.2) is 29.8 Å². The predicted octanol–water partition coefficient (Wildman–Crippen LogP) is 1.59. The van der Waals surface area contributed by atoms with Gasteiger partial charge in [0.15, 0.2) is 0 Å². The summed E-state index contributed by atoms with van der Waals surface area (Å²) in [6.07, 6.45) is 3.88. The van der Waals surface area contributed by atoms with Crippen LogP contribution >= 0.6 is 0 Å². The largest absolute Gasteiger partial charge is 0.369 e. The Morgan fingerprint density at radius 3 is 3.06 bits per heavy atom. The van der Waals surface area contributed by atoms with Crippen molar-refractivity contribution in [3.8, 4) is 0 Å². The van der Waals surface area contributed by atoms with Gasteiger partial charge in [-0.2, -0.15) is 5.10 Å². The van der Waals surface area contributed by atoms with Gasteiger partial charge in [-0.15, -0.1) is 5.10 Å². The molecule has 0 radical (unpaired) electrons. The number of nitrogens with one attached hydrogen (secondary N) is 2. The van der Waals surface area contributed by atoms with Crippen molar-refractivity contribution in [3.05, 3.63) is 17.8 Å². The molecule has 1 saturated heterocycles. The second-order valence-electron chi connectivity index (χ2n) is 4.49. The van der Waals surface area contributed by atoms with E-state index < -0.39 is 0 Å². The first kappa shape index (κ1) is 11.3. The molecule has 1 aromatic rings. The third-order valence-corrected chi connectivity index (χ3v) is 3.06. The van der Waals surface area contributed by atoms with Crippen LogP contribution in [0, 0.1) is 12.8 Å². The molecule has 2 N–H and O–H groups in total. The number of aromatic nitrogens is 2. The Morgan fingerprint density at radius 2 is 2.38 bits per heavy atom. The minimum atomic E-state index is 0.819. The highest BCUT2D eigenvalue weighted by Gasteiger charge is 2.11. The van der Waals surface area contributed by atoms with Crippen LogP contribution in [-0.2, 0) is 0 Å². The van der Waals surface area contributed by atoms with E-state index in [0.29, 0.717) is 0 Å². The van der Waals surface area contributed by atoms with Crippen LogP contribution in [0.25, 0.3) is 0 Å². The van der Waals surface area contributed by atoms with Gasteiger partial charge in [0.05, 0.1) is 5.69 Å². The van der Waals surface area contributed by atoms with Crippen molar-refractivity contribution in [2.24, 2.45) is 5.92 Å². The molecule has 2 heterocycles. The molecule has 1 fully saturated rings. The maximum atomic E-state index is 4.08. The van der Waals surface area contributed by atoms with Gasteiger partial charge >= 0.3 is 0 Å². The van der Waals surface area contributed by atoms with Gasteiger partial charge in [0.1, 0.15) is 5.82 Å². The van der Waals surface area contributed by atoms with E-state index in [1.807, 2.05) is 19.1 Å². The standard InChI is InChI=1S/C12H20N4/c1-10-4-5-12(16-15-10)14-8-6-11-3-2-7-13-9-11/h4-5,11,13H,2-3,6-9H2,1H3,(H,14,16). The number of nitrogens with zero attached hydrogens (tertiary/aromatic N) is 2. The van der Waals surface area contributed by atoms with Gasteiger partial charge in [-0.25, -0.2) is 0 Å². The Morgan fingerprint density at radius 1 is 1.44 bits per heavy atom. The average molecular weight is 220 g/mol. The number of anilines is 1. The maximum Gasteiger partial charge on any atom is 0.148 e. The minimum absolute atomic E-state index is 0.819. The molecule has 0 amide bonds. The van der Waals surface area contributed by atoms with Gasteiger partial charge in [0.2, 0.25) is 0 Å². The normalized spacial score (nSPS) is 20.7. The zero-order valence-corrected chi connectivity index (χ0v) is 9.87.